The third-order valence-electron chi connectivity index (χ3n) is 6.32. The summed E-state index contributed by atoms with van der Waals surface area (Å²) in [5.74, 6) is 1.00. The number of aromatic nitrogens is 2. The second kappa shape index (κ2) is 10.4. The number of nitrogens with zero attached hydrogens (tertiary/aromatic N) is 5. The lowest BCUT2D eigenvalue weighted by atomic mass is 10.1. The van der Waals surface area contributed by atoms with E-state index in [4.69, 9.17) is 14.6 Å². The highest BCUT2D eigenvalue weighted by atomic mass is 16.5. The van der Waals surface area contributed by atoms with E-state index in [2.05, 4.69) is 38.8 Å². The van der Waals surface area contributed by atoms with Gasteiger partial charge in [-0.3, -0.25) is 9.59 Å². The number of para-hydroxylation sites is 1. The standard InChI is InChI=1S/C24H25N5O2.CH2O2/c1-27-13-19(21-6-2-3-7-22(21)27)9-23(30)28-11-17-12-29(20(14-28)16-31-15-17)24-18(10-25)5-4-8-26-24;2-1-3/h2-8,13,17,20H,9,11-12,14-16H2,1H3;1H,(H,2,3)/t17-,20-;/m0./s1. The number of hydrogen-bond acceptors (Lipinski definition) is 6. The van der Waals surface area contributed by atoms with Gasteiger partial charge in [0.1, 0.15) is 11.9 Å². The van der Waals surface area contributed by atoms with Crippen LogP contribution in [0.15, 0.2) is 48.8 Å². The summed E-state index contributed by atoms with van der Waals surface area (Å²) in [6, 6.07) is 14.0. The first-order chi connectivity index (χ1) is 16.5. The lowest BCUT2D eigenvalue weighted by molar-refractivity contribution is -0.132. The zero-order valence-corrected chi connectivity index (χ0v) is 19.0. The lowest BCUT2D eigenvalue weighted by Gasteiger charge is -2.32. The molecule has 34 heavy (non-hydrogen) atoms. The molecule has 0 aliphatic carbocycles. The Bertz CT molecular complexity index is 1220. The van der Waals surface area contributed by atoms with Gasteiger partial charge in [0, 0.05) is 55.9 Å². The summed E-state index contributed by atoms with van der Waals surface area (Å²) in [6.07, 6.45) is 4.16. The maximum Gasteiger partial charge on any atom is 0.290 e. The van der Waals surface area contributed by atoms with Gasteiger partial charge in [-0.25, -0.2) is 4.98 Å². The summed E-state index contributed by atoms with van der Waals surface area (Å²) in [5.41, 5.74) is 2.75. The molecule has 0 radical (unpaired) electrons. The van der Waals surface area contributed by atoms with E-state index in [9.17, 15) is 10.1 Å². The maximum absolute atomic E-state index is 13.4. The van der Waals surface area contributed by atoms with Crippen molar-refractivity contribution in [1.82, 2.24) is 14.5 Å². The minimum Gasteiger partial charge on any atom is -0.483 e. The molecule has 0 saturated carbocycles. The van der Waals surface area contributed by atoms with Gasteiger partial charge >= 0.3 is 0 Å². The molecule has 2 aliphatic heterocycles. The third kappa shape index (κ3) is 4.72. The van der Waals surface area contributed by atoms with Crippen molar-refractivity contribution in [3.05, 3.63) is 59.9 Å². The topological polar surface area (TPSA) is 112 Å². The highest BCUT2D eigenvalue weighted by molar-refractivity contribution is 5.89. The zero-order valence-electron chi connectivity index (χ0n) is 19.0. The average molecular weight is 462 g/mol. The minimum atomic E-state index is -0.250. The fourth-order valence-corrected chi connectivity index (χ4v) is 4.86. The Balaban J connectivity index is 0.000000868. The van der Waals surface area contributed by atoms with Gasteiger partial charge in [0.15, 0.2) is 0 Å². The number of rotatable bonds is 3. The summed E-state index contributed by atoms with van der Waals surface area (Å²) in [5, 5.41) is 17.6. The number of ether oxygens (including phenoxy) is 1. The van der Waals surface area contributed by atoms with E-state index < -0.39 is 0 Å². The van der Waals surface area contributed by atoms with E-state index in [0.29, 0.717) is 44.1 Å². The minimum absolute atomic E-state index is 0.0223. The maximum atomic E-state index is 13.4. The summed E-state index contributed by atoms with van der Waals surface area (Å²) < 4.78 is 7.98. The molecule has 0 unspecified atom stereocenters. The predicted octanol–water partition coefficient (Wildman–Crippen LogP) is 2.05. The van der Waals surface area contributed by atoms with Crippen LogP contribution in [0.1, 0.15) is 11.1 Å². The van der Waals surface area contributed by atoms with E-state index in [1.807, 2.05) is 24.1 Å². The van der Waals surface area contributed by atoms with E-state index in [0.717, 1.165) is 23.0 Å². The van der Waals surface area contributed by atoms with Crippen LogP contribution in [0.5, 0.6) is 0 Å². The molecule has 9 heteroatoms. The predicted molar refractivity (Wildman–Crippen MR) is 126 cm³/mol. The van der Waals surface area contributed by atoms with Gasteiger partial charge in [-0.2, -0.15) is 5.26 Å². The molecule has 3 aromatic rings. The Kier molecular flexibility index (Phi) is 7.09. The van der Waals surface area contributed by atoms with Crippen LogP contribution in [-0.4, -0.2) is 70.8 Å². The van der Waals surface area contributed by atoms with Crippen molar-refractivity contribution in [2.45, 2.75) is 12.5 Å². The molecule has 2 atom stereocenters. The van der Waals surface area contributed by atoms with E-state index in [1.165, 1.54) is 0 Å². The first-order valence-electron chi connectivity index (χ1n) is 11.1. The van der Waals surface area contributed by atoms with Crippen molar-refractivity contribution in [3.63, 3.8) is 0 Å². The molecule has 2 fully saturated rings. The van der Waals surface area contributed by atoms with Gasteiger partial charge in [-0.15, -0.1) is 0 Å². The second-order valence-electron chi connectivity index (χ2n) is 8.56. The van der Waals surface area contributed by atoms with Crippen molar-refractivity contribution in [1.29, 1.82) is 5.26 Å². The van der Waals surface area contributed by atoms with E-state index >= 15 is 0 Å². The zero-order chi connectivity index (χ0) is 24.1. The second-order valence-corrected chi connectivity index (χ2v) is 8.56. The van der Waals surface area contributed by atoms with Crippen molar-refractivity contribution in [3.8, 4) is 6.07 Å². The van der Waals surface area contributed by atoms with Crippen LogP contribution in [-0.2, 0) is 27.8 Å². The molecule has 176 valence electrons. The monoisotopic (exact) mass is 461 g/mol. The van der Waals surface area contributed by atoms with Crippen LogP contribution >= 0.6 is 0 Å². The Morgan fingerprint density at radius 2 is 2.03 bits per heavy atom. The molecular formula is C25H27N5O4. The van der Waals surface area contributed by atoms with Gasteiger partial charge in [-0.1, -0.05) is 18.2 Å². The number of hydrogen-bond donors (Lipinski definition) is 1. The van der Waals surface area contributed by atoms with Gasteiger partial charge in [0.25, 0.3) is 6.47 Å². The highest BCUT2D eigenvalue weighted by Crippen LogP contribution is 2.28. The molecule has 5 rings (SSSR count). The molecule has 2 aromatic heterocycles. The molecule has 9 nitrogen and oxygen atoms in total. The van der Waals surface area contributed by atoms with Crippen molar-refractivity contribution < 1.29 is 19.4 Å². The summed E-state index contributed by atoms with van der Waals surface area (Å²) in [4.78, 5) is 30.4. The Labute approximate surface area is 197 Å². The molecular weight excluding hydrogens is 434 g/mol. The molecule has 0 spiro atoms. The van der Waals surface area contributed by atoms with E-state index in [-0.39, 0.29) is 24.3 Å². The SMILES string of the molecule is Cn1cc(CC(=O)N2C[C@@H]3COC[C@H](C2)N(c2ncccc2C#N)C3)c2ccccc21.O=CO. The Hall–Kier alpha value is -3.90. The third-order valence-corrected chi connectivity index (χ3v) is 6.32. The fraction of sp³-hybridized carbons (Fsp3) is 0.360. The number of pyridine rings is 1. The van der Waals surface area contributed by atoms with Gasteiger partial charge in [-0.05, 0) is 23.8 Å². The number of carboxylic acid groups (broad SMARTS) is 1. The first kappa shape index (κ1) is 23.3. The quantitative estimate of drug-likeness (QED) is 0.594. The van der Waals surface area contributed by atoms with Crippen molar-refractivity contribution in [2.75, 3.05) is 37.7 Å². The number of nitriles is 1. The highest BCUT2D eigenvalue weighted by Gasteiger charge is 2.36. The normalized spacial score (nSPS) is 19.5. The number of carbonyl (C=O) groups is 2. The van der Waals surface area contributed by atoms with Crippen LogP contribution in [0.4, 0.5) is 5.82 Å². The average Bonchev–Trinajstić information content (AvgIpc) is 2.98. The van der Waals surface area contributed by atoms with Crippen LogP contribution in [0.25, 0.3) is 10.9 Å². The molecule has 1 N–H and O–H groups in total. The lowest BCUT2D eigenvalue weighted by Crippen LogP contribution is -2.46. The van der Waals surface area contributed by atoms with Crippen LogP contribution in [0, 0.1) is 17.2 Å². The number of benzene rings is 1. The van der Waals surface area contributed by atoms with E-state index in [1.54, 1.807) is 18.3 Å². The van der Waals surface area contributed by atoms with Crippen LogP contribution in [0.3, 0.4) is 0 Å². The van der Waals surface area contributed by atoms with Gasteiger partial charge in [0.05, 0.1) is 31.2 Å². The number of amides is 1. The van der Waals surface area contributed by atoms with Crippen molar-refractivity contribution in [2.24, 2.45) is 13.0 Å². The fourth-order valence-electron chi connectivity index (χ4n) is 4.86. The molecule has 1 aromatic carbocycles. The smallest absolute Gasteiger partial charge is 0.290 e. The summed E-state index contributed by atoms with van der Waals surface area (Å²) >= 11 is 0. The molecule has 2 saturated heterocycles. The van der Waals surface area contributed by atoms with Crippen molar-refractivity contribution >= 4 is 29.1 Å². The van der Waals surface area contributed by atoms with Gasteiger partial charge in [0.2, 0.25) is 5.91 Å². The molecule has 1 amide bonds. The molecule has 4 heterocycles. The summed E-state index contributed by atoms with van der Waals surface area (Å²) in [7, 11) is 2.02. The Morgan fingerprint density at radius 1 is 1.24 bits per heavy atom. The number of carbonyl (C=O) groups excluding carboxylic acids is 1. The van der Waals surface area contributed by atoms with Crippen LogP contribution < -0.4 is 4.90 Å². The largest absolute Gasteiger partial charge is 0.483 e. The first-order valence-corrected chi connectivity index (χ1v) is 11.1. The number of anilines is 1. The molecule has 2 aliphatic rings. The number of fused-ring (bicyclic) bond motifs is 4. The molecule has 2 bridgehead atoms. The van der Waals surface area contributed by atoms with Gasteiger partial charge < -0.3 is 24.2 Å². The summed E-state index contributed by atoms with van der Waals surface area (Å²) in [6.45, 7) is 2.84. The van der Waals surface area contributed by atoms with Crippen LogP contribution in [0.2, 0.25) is 0 Å². The number of aryl methyl sites for hydroxylation is 1. The Morgan fingerprint density at radius 3 is 2.82 bits per heavy atom.